The van der Waals surface area contributed by atoms with Crippen LogP contribution in [-0.2, 0) is 4.74 Å². The lowest BCUT2D eigenvalue weighted by Gasteiger charge is -2.26. The third-order valence-electron chi connectivity index (χ3n) is 7.00. The van der Waals surface area contributed by atoms with Crippen LogP contribution in [0.2, 0.25) is 0 Å². The first-order valence-electron chi connectivity index (χ1n) is 12.8. The minimum atomic E-state index is 0.570. The molecular weight excluding hydrogens is 416 g/mol. The van der Waals surface area contributed by atoms with Crippen LogP contribution in [0.1, 0.15) is 56.9 Å². The van der Waals surface area contributed by atoms with Gasteiger partial charge < -0.3 is 9.47 Å². The molecule has 0 spiro atoms. The molecule has 0 heterocycles. The Morgan fingerprint density at radius 3 is 1.79 bits per heavy atom. The van der Waals surface area contributed by atoms with Crippen LogP contribution in [0, 0.1) is 19.3 Å². The van der Waals surface area contributed by atoms with Crippen molar-refractivity contribution in [2.24, 2.45) is 5.92 Å². The van der Waals surface area contributed by atoms with Crippen molar-refractivity contribution in [1.82, 2.24) is 0 Å². The van der Waals surface area contributed by atoms with Crippen molar-refractivity contribution in [1.29, 1.82) is 0 Å². The average Bonchev–Trinajstić information content (AvgIpc) is 2.89. The Morgan fingerprint density at radius 1 is 0.706 bits per heavy atom. The molecule has 0 aliphatic heterocycles. The molecule has 3 aromatic rings. The second-order valence-electron chi connectivity index (χ2n) is 9.57. The first kappa shape index (κ1) is 24.4. The molecule has 0 bridgehead atoms. The van der Waals surface area contributed by atoms with E-state index in [-0.39, 0.29) is 0 Å². The van der Waals surface area contributed by atoms with Gasteiger partial charge in [0.1, 0.15) is 12.4 Å². The highest BCUT2D eigenvalue weighted by Crippen LogP contribution is 2.36. The molecule has 2 nitrogen and oxygen atoms in total. The normalized spacial score (nSPS) is 18.0. The van der Waals surface area contributed by atoms with E-state index >= 15 is 0 Å². The summed E-state index contributed by atoms with van der Waals surface area (Å²) in [5.41, 5.74) is 6.47. The van der Waals surface area contributed by atoms with E-state index in [0.29, 0.717) is 13.2 Å². The third-order valence-corrected chi connectivity index (χ3v) is 7.00. The number of benzene rings is 3. The molecule has 178 valence electrons. The zero-order chi connectivity index (χ0) is 23.6. The van der Waals surface area contributed by atoms with E-state index in [1.807, 2.05) is 18.6 Å². The van der Waals surface area contributed by atoms with Gasteiger partial charge >= 0.3 is 0 Å². The van der Waals surface area contributed by atoms with E-state index in [2.05, 4.69) is 74.5 Å². The highest BCUT2D eigenvalue weighted by atomic mass is 16.5. The van der Waals surface area contributed by atoms with Gasteiger partial charge in [0.15, 0.2) is 0 Å². The van der Waals surface area contributed by atoms with E-state index < -0.39 is 0 Å². The largest absolute Gasteiger partial charge is 0.491 e. The summed E-state index contributed by atoms with van der Waals surface area (Å²) in [6.07, 6.45) is 9.34. The molecule has 1 aliphatic carbocycles. The van der Waals surface area contributed by atoms with Crippen molar-refractivity contribution >= 4 is 0 Å². The van der Waals surface area contributed by atoms with E-state index in [1.165, 1.54) is 53.5 Å². The van der Waals surface area contributed by atoms with Crippen LogP contribution < -0.4 is 4.74 Å². The van der Waals surface area contributed by atoms with Crippen LogP contribution in [0.3, 0.4) is 0 Å². The molecule has 0 unspecified atom stereocenters. The van der Waals surface area contributed by atoms with Crippen LogP contribution in [0.25, 0.3) is 22.3 Å². The summed E-state index contributed by atoms with van der Waals surface area (Å²) in [7, 11) is 0. The summed E-state index contributed by atoms with van der Waals surface area (Å²) in [5, 5.41) is 0. The molecule has 0 saturated heterocycles. The van der Waals surface area contributed by atoms with Crippen LogP contribution in [0.4, 0.5) is 0 Å². The predicted octanol–water partition coefficient (Wildman–Crippen LogP) is 8.53. The molecule has 0 N–H and O–H groups in total. The molecule has 1 aliphatic rings. The molecular formula is C32H38O2. The molecule has 0 aromatic heterocycles. The summed E-state index contributed by atoms with van der Waals surface area (Å²) in [6, 6.07) is 26.4. The molecule has 2 heteroatoms. The van der Waals surface area contributed by atoms with Gasteiger partial charge in [-0.05, 0) is 64.6 Å². The Hall–Kier alpha value is -2.71. The Morgan fingerprint density at radius 2 is 1.24 bits per heavy atom. The maximum Gasteiger partial charge on any atom is 0.119 e. The molecule has 34 heavy (non-hydrogen) atoms. The van der Waals surface area contributed by atoms with Crippen molar-refractivity contribution in [2.75, 3.05) is 19.8 Å². The van der Waals surface area contributed by atoms with Gasteiger partial charge in [-0.1, -0.05) is 93.8 Å². The minimum absolute atomic E-state index is 0.570. The van der Waals surface area contributed by atoms with E-state index in [9.17, 15) is 0 Å². The van der Waals surface area contributed by atoms with Crippen LogP contribution in [0.5, 0.6) is 5.75 Å². The summed E-state index contributed by atoms with van der Waals surface area (Å²) < 4.78 is 11.4. The minimum Gasteiger partial charge on any atom is -0.491 e. The number of rotatable bonds is 11. The maximum absolute atomic E-state index is 5.79. The maximum atomic E-state index is 5.79. The number of hydrogen-bond acceptors (Lipinski definition) is 2. The fraction of sp³-hybridized carbons (Fsp3) is 0.375. The Balaban J connectivity index is 1.28. The molecule has 0 radical (unpaired) electrons. The number of unbranched alkanes of at least 4 members (excludes halogenated alkanes) is 2. The second-order valence-corrected chi connectivity index (χ2v) is 9.57. The van der Waals surface area contributed by atoms with Crippen molar-refractivity contribution in [3.63, 3.8) is 0 Å². The average molecular weight is 455 g/mol. The van der Waals surface area contributed by atoms with Crippen molar-refractivity contribution in [2.45, 2.75) is 51.4 Å². The van der Waals surface area contributed by atoms with Crippen LogP contribution in [-0.4, -0.2) is 19.8 Å². The lowest BCUT2D eigenvalue weighted by Crippen LogP contribution is -2.10. The van der Waals surface area contributed by atoms with Gasteiger partial charge in [-0.15, -0.1) is 12.8 Å². The Kier molecular flexibility index (Phi) is 9.10. The van der Waals surface area contributed by atoms with E-state index in [1.54, 1.807) is 0 Å². The molecule has 0 amide bonds. The topological polar surface area (TPSA) is 18.5 Å². The first-order valence-corrected chi connectivity index (χ1v) is 12.8. The summed E-state index contributed by atoms with van der Waals surface area (Å²) >= 11 is 0. The highest BCUT2D eigenvalue weighted by Gasteiger charge is 2.19. The number of hydrogen-bond donors (Lipinski definition) is 0. The van der Waals surface area contributed by atoms with Crippen molar-refractivity contribution < 1.29 is 9.47 Å². The third kappa shape index (κ3) is 6.90. The van der Waals surface area contributed by atoms with Crippen LogP contribution >= 0.6 is 0 Å². The second kappa shape index (κ2) is 12.7. The smallest absolute Gasteiger partial charge is 0.119 e. The zero-order valence-electron chi connectivity index (χ0n) is 20.5. The molecule has 1 fully saturated rings. The summed E-state index contributed by atoms with van der Waals surface area (Å²) in [4.78, 5) is 0. The predicted molar refractivity (Wildman–Crippen MR) is 143 cm³/mol. The van der Waals surface area contributed by atoms with Gasteiger partial charge in [-0.25, -0.2) is 0 Å². The van der Waals surface area contributed by atoms with E-state index in [4.69, 9.17) is 9.47 Å². The van der Waals surface area contributed by atoms with Gasteiger partial charge in [0.05, 0.1) is 6.61 Å². The molecule has 0 atom stereocenters. The lowest BCUT2D eigenvalue weighted by molar-refractivity contribution is 0.0985. The highest BCUT2D eigenvalue weighted by molar-refractivity contribution is 5.70. The fourth-order valence-corrected chi connectivity index (χ4v) is 4.79. The quantitative estimate of drug-likeness (QED) is 0.213. The van der Waals surface area contributed by atoms with Gasteiger partial charge in [-0.3, -0.25) is 0 Å². The van der Waals surface area contributed by atoms with E-state index in [0.717, 1.165) is 37.0 Å². The van der Waals surface area contributed by atoms with Gasteiger partial charge in [0, 0.05) is 6.61 Å². The van der Waals surface area contributed by atoms with Crippen molar-refractivity contribution in [3.05, 3.63) is 91.7 Å². The van der Waals surface area contributed by atoms with Gasteiger partial charge in [-0.2, -0.15) is 0 Å². The van der Waals surface area contributed by atoms with Crippen LogP contribution in [0.15, 0.2) is 72.8 Å². The van der Waals surface area contributed by atoms with Crippen molar-refractivity contribution in [3.8, 4) is 28.0 Å². The lowest BCUT2D eigenvalue weighted by atomic mass is 9.79. The zero-order valence-corrected chi connectivity index (χ0v) is 20.5. The van der Waals surface area contributed by atoms with Gasteiger partial charge in [0.25, 0.3) is 0 Å². The molecule has 4 rings (SSSR count). The fourth-order valence-electron chi connectivity index (χ4n) is 4.79. The number of ether oxygens (including phenoxy) is 2. The SMILES string of the molecule is [CH2+][CH-]CCCOCCOc1ccc(-c2ccc(-c3ccc(C4CCC(C)CC4)cc3)cc2)cc1. The van der Waals surface area contributed by atoms with Gasteiger partial charge in [0.2, 0.25) is 0 Å². The Labute approximate surface area is 206 Å². The molecule has 1 saturated carbocycles. The summed E-state index contributed by atoms with van der Waals surface area (Å²) in [6.45, 7) is 8.05. The molecule has 3 aromatic carbocycles. The monoisotopic (exact) mass is 454 g/mol. The summed E-state index contributed by atoms with van der Waals surface area (Å²) in [5.74, 6) is 2.52. The first-order chi connectivity index (χ1) is 16.7. The Bertz CT molecular complexity index is 965. The standard InChI is InChI=1S/C32H38O2/c1-3-4-5-22-33-23-24-34-32-20-18-31(19-21-32)30-16-14-29(15-17-30)28-12-10-27(11-13-28)26-8-6-25(2)7-9-26/h3,10-21,25-26H,1,4-9,22-24H2,2H3.